The van der Waals surface area contributed by atoms with Crippen molar-refractivity contribution in [2.24, 2.45) is 7.05 Å². The smallest absolute Gasteiger partial charge is 0.234 e. The Morgan fingerprint density at radius 3 is 2.83 bits per heavy atom. The average molecular weight is 185 g/mol. The number of aromatic nitrogens is 4. The minimum atomic E-state index is 0.142. The number of rotatable bonds is 2. The third-order valence-corrected chi connectivity index (χ3v) is 2.70. The largest absolute Gasteiger partial charge is 0.279 e. The molecule has 1 aromatic rings. The quantitative estimate of drug-likeness (QED) is 0.457. The molecule has 7 heteroatoms. The molecular formula is C5H7N5OS. The highest BCUT2D eigenvalue weighted by Gasteiger charge is 2.26. The van der Waals surface area contributed by atoms with Crippen LogP contribution in [0.15, 0.2) is 5.16 Å². The summed E-state index contributed by atoms with van der Waals surface area (Å²) in [6, 6.07) is 0. The Balaban J connectivity index is 2.04. The second-order valence-electron chi connectivity index (χ2n) is 2.42. The lowest BCUT2D eigenvalue weighted by molar-refractivity contribution is -0.132. The summed E-state index contributed by atoms with van der Waals surface area (Å²) in [5.41, 5.74) is 0. The molecule has 0 radical (unpaired) electrons. The van der Waals surface area contributed by atoms with Crippen LogP contribution >= 0.6 is 11.9 Å². The highest BCUT2D eigenvalue weighted by molar-refractivity contribution is 7.97. The van der Waals surface area contributed by atoms with Crippen LogP contribution < -0.4 is 0 Å². The predicted molar refractivity (Wildman–Crippen MR) is 41.0 cm³/mol. The number of hydrogen-bond donors (Lipinski definition) is 0. The summed E-state index contributed by atoms with van der Waals surface area (Å²) in [4.78, 5) is 10.9. The molecule has 1 aliphatic heterocycles. The predicted octanol–water partition coefficient (Wildman–Crippen LogP) is -0.551. The second-order valence-corrected chi connectivity index (χ2v) is 3.41. The summed E-state index contributed by atoms with van der Waals surface area (Å²) in [7, 11) is 1.74. The van der Waals surface area contributed by atoms with Crippen LogP contribution in [0.5, 0.6) is 0 Å². The highest BCUT2D eigenvalue weighted by Crippen LogP contribution is 2.25. The van der Waals surface area contributed by atoms with Gasteiger partial charge in [0.05, 0.1) is 0 Å². The Hall–Kier alpha value is -1.11. The highest BCUT2D eigenvalue weighted by atomic mass is 32.2. The van der Waals surface area contributed by atoms with Crippen LogP contribution in [0.4, 0.5) is 0 Å². The fraction of sp³-hybridized carbons (Fsp3) is 0.600. The third kappa shape index (κ3) is 1.15. The van der Waals surface area contributed by atoms with E-state index in [4.69, 9.17) is 0 Å². The van der Waals surface area contributed by atoms with Crippen LogP contribution in [-0.4, -0.2) is 37.0 Å². The summed E-state index contributed by atoms with van der Waals surface area (Å²) in [5, 5.41) is 11.5. The molecule has 12 heavy (non-hydrogen) atoms. The molecule has 1 saturated heterocycles. The Bertz CT molecular complexity index is 311. The maximum Gasteiger partial charge on any atom is 0.234 e. The van der Waals surface area contributed by atoms with Gasteiger partial charge in [-0.1, -0.05) is 5.10 Å². The fourth-order valence-corrected chi connectivity index (χ4v) is 1.59. The Kier molecular flexibility index (Phi) is 1.72. The van der Waals surface area contributed by atoms with Crippen molar-refractivity contribution in [2.75, 3.05) is 6.54 Å². The fourth-order valence-electron chi connectivity index (χ4n) is 0.788. The molecule has 0 aromatic carbocycles. The van der Waals surface area contributed by atoms with E-state index in [1.807, 2.05) is 0 Å². The number of aryl methyl sites for hydroxylation is 1. The molecular weight excluding hydrogens is 178 g/mol. The summed E-state index contributed by atoms with van der Waals surface area (Å²) in [6.07, 6.45) is 0.637. The van der Waals surface area contributed by atoms with Crippen LogP contribution in [0.3, 0.4) is 0 Å². The molecule has 1 fully saturated rings. The molecule has 2 heterocycles. The molecule has 64 valence electrons. The van der Waals surface area contributed by atoms with Gasteiger partial charge in [-0.25, -0.2) is 4.68 Å². The SMILES string of the molecule is Cn1nnnc1SN1CCC1=O. The van der Waals surface area contributed by atoms with E-state index in [1.54, 1.807) is 11.4 Å². The lowest BCUT2D eigenvalue weighted by atomic mass is 10.3. The molecule has 0 unspecified atom stereocenters. The van der Waals surface area contributed by atoms with Gasteiger partial charge in [0.1, 0.15) is 0 Å². The van der Waals surface area contributed by atoms with Gasteiger partial charge in [0.25, 0.3) is 0 Å². The Labute approximate surface area is 73.0 Å². The van der Waals surface area contributed by atoms with Gasteiger partial charge in [-0.3, -0.25) is 9.10 Å². The average Bonchev–Trinajstić information content (AvgIpc) is 2.44. The van der Waals surface area contributed by atoms with Crippen LogP contribution in [0, 0.1) is 0 Å². The molecule has 1 aliphatic rings. The first-order chi connectivity index (χ1) is 5.77. The van der Waals surface area contributed by atoms with Crippen molar-refractivity contribution in [3.8, 4) is 0 Å². The molecule has 0 bridgehead atoms. The van der Waals surface area contributed by atoms with Gasteiger partial charge >= 0.3 is 0 Å². The van der Waals surface area contributed by atoms with Gasteiger partial charge in [0.2, 0.25) is 11.1 Å². The van der Waals surface area contributed by atoms with E-state index in [1.165, 1.54) is 16.6 Å². The second kappa shape index (κ2) is 2.74. The molecule has 6 nitrogen and oxygen atoms in total. The zero-order valence-corrected chi connectivity index (χ0v) is 7.28. The van der Waals surface area contributed by atoms with Gasteiger partial charge in [0.15, 0.2) is 0 Å². The maximum atomic E-state index is 10.9. The van der Waals surface area contributed by atoms with Crippen molar-refractivity contribution in [3.05, 3.63) is 0 Å². The van der Waals surface area contributed by atoms with Crippen LogP contribution in [0.25, 0.3) is 0 Å². The van der Waals surface area contributed by atoms with E-state index in [0.29, 0.717) is 11.6 Å². The van der Waals surface area contributed by atoms with Crippen molar-refractivity contribution in [1.82, 2.24) is 24.5 Å². The van der Waals surface area contributed by atoms with Gasteiger partial charge < -0.3 is 0 Å². The van der Waals surface area contributed by atoms with E-state index in [0.717, 1.165) is 6.54 Å². The van der Waals surface area contributed by atoms with E-state index < -0.39 is 0 Å². The topological polar surface area (TPSA) is 63.9 Å². The van der Waals surface area contributed by atoms with E-state index in [-0.39, 0.29) is 5.91 Å². The number of β-lactam (4-membered cyclic amide) rings is 1. The Morgan fingerprint density at radius 2 is 2.42 bits per heavy atom. The molecule has 0 spiro atoms. The number of carbonyl (C=O) groups is 1. The van der Waals surface area contributed by atoms with Crippen molar-refractivity contribution in [3.63, 3.8) is 0 Å². The van der Waals surface area contributed by atoms with Crippen molar-refractivity contribution in [2.45, 2.75) is 11.6 Å². The lowest BCUT2D eigenvalue weighted by Gasteiger charge is -2.27. The number of tetrazole rings is 1. The Morgan fingerprint density at radius 1 is 1.58 bits per heavy atom. The van der Waals surface area contributed by atoms with Crippen LogP contribution in [0.2, 0.25) is 0 Å². The third-order valence-electron chi connectivity index (χ3n) is 1.58. The molecule has 1 amide bonds. The van der Waals surface area contributed by atoms with E-state index >= 15 is 0 Å². The van der Waals surface area contributed by atoms with Crippen LogP contribution in [0.1, 0.15) is 6.42 Å². The minimum Gasteiger partial charge on any atom is -0.279 e. The summed E-state index contributed by atoms with van der Waals surface area (Å²) in [6.45, 7) is 0.788. The van der Waals surface area contributed by atoms with E-state index in [9.17, 15) is 4.79 Å². The van der Waals surface area contributed by atoms with Gasteiger partial charge in [-0.2, -0.15) is 0 Å². The van der Waals surface area contributed by atoms with Crippen LogP contribution in [-0.2, 0) is 11.8 Å². The van der Waals surface area contributed by atoms with Gasteiger partial charge in [-0.05, 0) is 10.4 Å². The molecule has 1 aromatic heterocycles. The first kappa shape index (κ1) is 7.53. The normalized spacial score (nSPS) is 16.4. The zero-order chi connectivity index (χ0) is 8.55. The molecule has 0 saturated carbocycles. The van der Waals surface area contributed by atoms with Crippen molar-refractivity contribution in [1.29, 1.82) is 0 Å². The maximum absolute atomic E-state index is 10.9. The molecule has 0 atom stereocenters. The summed E-state index contributed by atoms with van der Waals surface area (Å²) >= 11 is 1.28. The summed E-state index contributed by atoms with van der Waals surface area (Å²) in [5.74, 6) is 0.142. The number of hydrogen-bond acceptors (Lipinski definition) is 5. The molecule has 0 N–H and O–H groups in total. The first-order valence-corrected chi connectivity index (χ1v) is 4.25. The van der Waals surface area contributed by atoms with Gasteiger partial charge in [-0.15, -0.1) is 0 Å². The monoisotopic (exact) mass is 185 g/mol. The standard InChI is InChI=1S/C5H7N5OS/c1-9-5(6-7-8-9)12-10-3-2-4(10)11/h2-3H2,1H3. The van der Waals surface area contributed by atoms with E-state index in [2.05, 4.69) is 15.5 Å². The number of carbonyl (C=O) groups excluding carboxylic acids is 1. The molecule has 0 aliphatic carbocycles. The lowest BCUT2D eigenvalue weighted by Crippen LogP contribution is -2.37. The summed E-state index contributed by atoms with van der Waals surface area (Å²) < 4.78 is 3.18. The van der Waals surface area contributed by atoms with Crippen molar-refractivity contribution >= 4 is 17.9 Å². The first-order valence-electron chi connectivity index (χ1n) is 3.48. The van der Waals surface area contributed by atoms with Gasteiger partial charge in [0, 0.05) is 32.0 Å². The molecule has 2 rings (SSSR count). The zero-order valence-electron chi connectivity index (χ0n) is 6.47. The minimum absolute atomic E-state index is 0.142. The number of nitrogens with zero attached hydrogens (tertiary/aromatic N) is 5. The van der Waals surface area contributed by atoms with Crippen molar-refractivity contribution < 1.29 is 4.79 Å². The number of amides is 1.